The summed E-state index contributed by atoms with van der Waals surface area (Å²) in [5, 5.41) is 3.01. The molecule has 3 aromatic carbocycles. The number of ether oxygens (including phenoxy) is 2. The zero-order valence-electron chi connectivity index (χ0n) is 16.2. The maximum Gasteiger partial charge on any atom is 0.333 e. The summed E-state index contributed by atoms with van der Waals surface area (Å²) in [6.07, 6.45) is 0.0517. The average Bonchev–Trinajstić information content (AvgIpc) is 2.68. The molecule has 7 heteroatoms. The summed E-state index contributed by atoms with van der Waals surface area (Å²) in [5.41, 5.74) is 0.303. The van der Waals surface area contributed by atoms with E-state index in [1.807, 2.05) is 37.3 Å². The fraction of sp³-hybridized carbons (Fsp3) is 0.227. The summed E-state index contributed by atoms with van der Waals surface area (Å²) in [4.78, 5) is 11.6. The standard InChI is InChI=1S/C22H22O6S/c1-4-17(28-22(23)14(2)3)13-27-21-19-8-6-5-7-15(19)11-16-9-10-18(12-20(16)21)29(24,25)26/h5-12,17H,2,4,13H2,1,3H3,(H,24,25,26). The van der Waals surface area contributed by atoms with Crippen LogP contribution in [0, 0.1) is 0 Å². The maximum atomic E-state index is 11.8. The van der Waals surface area contributed by atoms with Crippen molar-refractivity contribution in [2.24, 2.45) is 0 Å². The molecule has 3 aromatic rings. The van der Waals surface area contributed by atoms with Crippen LogP contribution in [0.4, 0.5) is 0 Å². The van der Waals surface area contributed by atoms with E-state index in [-0.39, 0.29) is 11.5 Å². The van der Waals surface area contributed by atoms with Gasteiger partial charge in [-0.3, -0.25) is 4.55 Å². The number of rotatable bonds is 7. The van der Waals surface area contributed by atoms with Crippen molar-refractivity contribution < 1.29 is 27.2 Å². The van der Waals surface area contributed by atoms with Crippen molar-refractivity contribution in [3.8, 4) is 5.75 Å². The van der Waals surface area contributed by atoms with E-state index in [0.717, 1.165) is 16.2 Å². The molecule has 6 nitrogen and oxygen atoms in total. The molecule has 0 saturated carbocycles. The van der Waals surface area contributed by atoms with Crippen molar-refractivity contribution in [1.82, 2.24) is 0 Å². The SMILES string of the molecule is C=C(C)C(=O)OC(CC)COc1c2ccccc2cc2ccc(S(=O)(=O)O)cc12. The van der Waals surface area contributed by atoms with Gasteiger partial charge in [0.25, 0.3) is 10.1 Å². The quantitative estimate of drug-likeness (QED) is 0.265. The van der Waals surface area contributed by atoms with E-state index in [9.17, 15) is 17.8 Å². The first kappa shape index (κ1) is 20.8. The molecule has 0 spiro atoms. The Morgan fingerprint density at radius 2 is 1.79 bits per heavy atom. The topological polar surface area (TPSA) is 89.9 Å². The number of esters is 1. The third-order valence-electron chi connectivity index (χ3n) is 4.57. The highest BCUT2D eigenvalue weighted by molar-refractivity contribution is 7.85. The summed E-state index contributed by atoms with van der Waals surface area (Å²) in [6, 6.07) is 13.8. The van der Waals surface area contributed by atoms with Crippen molar-refractivity contribution in [2.75, 3.05) is 6.61 Å². The highest BCUT2D eigenvalue weighted by Gasteiger charge is 2.18. The molecule has 1 atom stereocenters. The summed E-state index contributed by atoms with van der Waals surface area (Å²) >= 11 is 0. The monoisotopic (exact) mass is 414 g/mol. The highest BCUT2D eigenvalue weighted by atomic mass is 32.2. The molecule has 0 heterocycles. The third-order valence-corrected chi connectivity index (χ3v) is 5.42. The molecule has 29 heavy (non-hydrogen) atoms. The highest BCUT2D eigenvalue weighted by Crippen LogP contribution is 2.36. The maximum absolute atomic E-state index is 11.8. The Bertz CT molecular complexity index is 1200. The van der Waals surface area contributed by atoms with Gasteiger partial charge in [-0.1, -0.05) is 43.8 Å². The number of hydrogen-bond donors (Lipinski definition) is 1. The molecule has 0 bridgehead atoms. The van der Waals surface area contributed by atoms with Gasteiger partial charge in [-0.25, -0.2) is 4.79 Å². The first-order valence-electron chi connectivity index (χ1n) is 9.13. The molecule has 0 fully saturated rings. The second-order valence-corrected chi connectivity index (χ2v) is 8.23. The zero-order valence-corrected chi connectivity index (χ0v) is 17.0. The van der Waals surface area contributed by atoms with E-state index < -0.39 is 22.2 Å². The summed E-state index contributed by atoms with van der Waals surface area (Å²) < 4.78 is 44.1. The molecule has 0 saturated heterocycles. The Kier molecular flexibility index (Phi) is 5.91. The van der Waals surface area contributed by atoms with Crippen LogP contribution in [0.2, 0.25) is 0 Å². The Balaban J connectivity index is 2.07. The number of benzene rings is 3. The smallest absolute Gasteiger partial charge is 0.333 e. The van der Waals surface area contributed by atoms with Crippen LogP contribution >= 0.6 is 0 Å². The van der Waals surface area contributed by atoms with Crippen LogP contribution in [0.1, 0.15) is 20.3 Å². The van der Waals surface area contributed by atoms with Crippen molar-refractivity contribution in [3.05, 3.63) is 60.7 Å². The van der Waals surface area contributed by atoms with Crippen LogP contribution in [0.25, 0.3) is 21.5 Å². The molecular weight excluding hydrogens is 392 g/mol. The Hall–Kier alpha value is -2.90. The van der Waals surface area contributed by atoms with E-state index in [0.29, 0.717) is 23.1 Å². The molecule has 0 aromatic heterocycles. The van der Waals surface area contributed by atoms with Crippen LogP contribution in [-0.2, 0) is 19.6 Å². The molecular formula is C22H22O6S. The van der Waals surface area contributed by atoms with Gasteiger partial charge in [0.2, 0.25) is 0 Å². The van der Waals surface area contributed by atoms with Gasteiger partial charge in [-0.15, -0.1) is 0 Å². The fourth-order valence-electron chi connectivity index (χ4n) is 2.98. The minimum atomic E-state index is -4.36. The fourth-order valence-corrected chi connectivity index (χ4v) is 3.49. The largest absolute Gasteiger partial charge is 0.488 e. The minimum absolute atomic E-state index is 0.0920. The number of carbonyl (C=O) groups excluding carboxylic acids is 1. The first-order chi connectivity index (χ1) is 13.7. The minimum Gasteiger partial charge on any atom is -0.488 e. The van der Waals surface area contributed by atoms with Crippen molar-refractivity contribution >= 4 is 37.6 Å². The van der Waals surface area contributed by atoms with Crippen molar-refractivity contribution in [2.45, 2.75) is 31.3 Å². The van der Waals surface area contributed by atoms with Crippen LogP contribution in [0.5, 0.6) is 5.75 Å². The third kappa shape index (κ3) is 4.58. The lowest BCUT2D eigenvalue weighted by Crippen LogP contribution is -2.24. The zero-order chi connectivity index (χ0) is 21.2. The lowest BCUT2D eigenvalue weighted by molar-refractivity contribution is -0.145. The summed E-state index contributed by atoms with van der Waals surface area (Å²) in [6.45, 7) is 7.12. The van der Waals surface area contributed by atoms with E-state index in [4.69, 9.17) is 9.47 Å². The van der Waals surface area contributed by atoms with Gasteiger partial charge in [0.05, 0.1) is 4.90 Å². The molecule has 152 valence electrons. The molecule has 0 amide bonds. The van der Waals surface area contributed by atoms with Gasteiger partial charge in [0.1, 0.15) is 18.5 Å². The Morgan fingerprint density at radius 3 is 2.45 bits per heavy atom. The van der Waals surface area contributed by atoms with Crippen molar-refractivity contribution in [1.29, 1.82) is 0 Å². The normalized spacial score (nSPS) is 12.7. The van der Waals surface area contributed by atoms with Crippen LogP contribution in [0.15, 0.2) is 65.6 Å². The van der Waals surface area contributed by atoms with Crippen LogP contribution < -0.4 is 4.74 Å². The average molecular weight is 414 g/mol. The van der Waals surface area contributed by atoms with Gasteiger partial charge < -0.3 is 9.47 Å². The molecule has 0 aliphatic carbocycles. The van der Waals surface area contributed by atoms with E-state index in [1.54, 1.807) is 13.0 Å². The number of fused-ring (bicyclic) bond motifs is 2. The molecule has 0 aliphatic heterocycles. The lowest BCUT2D eigenvalue weighted by Gasteiger charge is -2.19. The van der Waals surface area contributed by atoms with E-state index in [1.165, 1.54) is 12.1 Å². The van der Waals surface area contributed by atoms with Crippen LogP contribution in [-0.4, -0.2) is 31.7 Å². The second kappa shape index (κ2) is 8.23. The van der Waals surface area contributed by atoms with Crippen molar-refractivity contribution in [3.63, 3.8) is 0 Å². The molecule has 1 unspecified atom stereocenters. The first-order valence-corrected chi connectivity index (χ1v) is 10.6. The van der Waals surface area contributed by atoms with Gasteiger partial charge in [0.15, 0.2) is 0 Å². The van der Waals surface area contributed by atoms with Crippen LogP contribution in [0.3, 0.4) is 0 Å². The van der Waals surface area contributed by atoms with E-state index in [2.05, 4.69) is 6.58 Å². The van der Waals surface area contributed by atoms with Gasteiger partial charge in [-0.05, 0) is 42.3 Å². The lowest BCUT2D eigenvalue weighted by atomic mass is 10.0. The summed E-state index contributed by atoms with van der Waals surface area (Å²) in [5.74, 6) is -0.0229. The molecule has 0 aliphatic rings. The predicted molar refractivity (Wildman–Crippen MR) is 112 cm³/mol. The van der Waals surface area contributed by atoms with Gasteiger partial charge in [-0.2, -0.15) is 8.42 Å². The predicted octanol–water partition coefficient (Wildman–Crippen LogP) is 4.52. The van der Waals surface area contributed by atoms with Gasteiger partial charge >= 0.3 is 5.97 Å². The van der Waals surface area contributed by atoms with Gasteiger partial charge in [0, 0.05) is 16.3 Å². The summed E-state index contributed by atoms with van der Waals surface area (Å²) in [7, 11) is -4.36. The Labute approximate surface area is 169 Å². The molecule has 0 radical (unpaired) electrons. The molecule has 3 rings (SSSR count). The number of hydrogen-bond acceptors (Lipinski definition) is 5. The Morgan fingerprint density at radius 1 is 1.10 bits per heavy atom. The van der Waals surface area contributed by atoms with E-state index >= 15 is 0 Å². The number of carbonyl (C=O) groups is 1. The second-order valence-electron chi connectivity index (χ2n) is 6.81. The molecule has 1 N–H and O–H groups in total.